The fourth-order valence-corrected chi connectivity index (χ4v) is 2.63. The molecule has 2 rings (SSSR count). The topological polar surface area (TPSA) is 64.6 Å². The molecular formula is C19H21NO4S. The van der Waals surface area contributed by atoms with Crippen molar-refractivity contribution in [3.63, 3.8) is 0 Å². The number of benzene rings is 2. The molecule has 1 amide bonds. The third-order valence-electron chi connectivity index (χ3n) is 3.61. The van der Waals surface area contributed by atoms with Crippen LogP contribution in [0.25, 0.3) is 0 Å². The van der Waals surface area contributed by atoms with Gasteiger partial charge in [0.1, 0.15) is 11.3 Å². The number of rotatable bonds is 7. The second-order valence-electron chi connectivity index (χ2n) is 5.24. The zero-order valence-corrected chi connectivity index (χ0v) is 15.3. The maximum Gasteiger partial charge on any atom is 0.342 e. The van der Waals surface area contributed by atoms with Crippen LogP contribution >= 0.6 is 11.8 Å². The molecule has 2 aromatic rings. The first-order chi connectivity index (χ1) is 12.1. The minimum atomic E-state index is -0.596. The lowest BCUT2D eigenvalue weighted by atomic mass is 10.1. The van der Waals surface area contributed by atoms with Crippen molar-refractivity contribution in [3.05, 3.63) is 53.6 Å². The average molecular weight is 359 g/mol. The zero-order valence-electron chi connectivity index (χ0n) is 14.5. The van der Waals surface area contributed by atoms with Gasteiger partial charge in [0, 0.05) is 10.6 Å². The lowest BCUT2D eigenvalue weighted by Crippen LogP contribution is -2.21. The first-order valence-electron chi connectivity index (χ1n) is 7.85. The standard InChI is InChI=1S/C19H21NO4S/c1-4-13-5-7-14(8-6-13)20-18(21)12-24-19(22)16-10-9-15(25-3)11-17(16)23-2/h5-11H,4,12H2,1-3H3,(H,20,21). The first kappa shape index (κ1) is 18.9. The van der Waals surface area contributed by atoms with Crippen LogP contribution in [0.2, 0.25) is 0 Å². The number of methoxy groups -OCH3 is 1. The van der Waals surface area contributed by atoms with Gasteiger partial charge in [-0.25, -0.2) is 4.79 Å². The molecule has 6 heteroatoms. The van der Waals surface area contributed by atoms with Gasteiger partial charge in [0.05, 0.1) is 7.11 Å². The molecule has 0 radical (unpaired) electrons. The van der Waals surface area contributed by atoms with Gasteiger partial charge in [-0.15, -0.1) is 11.8 Å². The number of hydrogen-bond donors (Lipinski definition) is 1. The van der Waals surface area contributed by atoms with Crippen LogP contribution in [0, 0.1) is 0 Å². The number of carbonyl (C=O) groups excluding carboxylic acids is 2. The van der Waals surface area contributed by atoms with Crippen molar-refractivity contribution in [2.75, 3.05) is 25.3 Å². The monoisotopic (exact) mass is 359 g/mol. The average Bonchev–Trinajstić information content (AvgIpc) is 2.66. The summed E-state index contributed by atoms with van der Waals surface area (Å²) < 4.78 is 10.3. The van der Waals surface area contributed by atoms with Crippen molar-refractivity contribution in [3.8, 4) is 5.75 Å². The van der Waals surface area contributed by atoms with E-state index in [1.807, 2.05) is 30.5 Å². The van der Waals surface area contributed by atoms with E-state index >= 15 is 0 Å². The van der Waals surface area contributed by atoms with E-state index in [9.17, 15) is 9.59 Å². The molecule has 0 fully saturated rings. The third-order valence-corrected chi connectivity index (χ3v) is 4.33. The van der Waals surface area contributed by atoms with E-state index in [0.717, 1.165) is 11.3 Å². The molecule has 0 aliphatic heterocycles. The van der Waals surface area contributed by atoms with E-state index in [-0.39, 0.29) is 6.61 Å². The maximum atomic E-state index is 12.2. The highest BCUT2D eigenvalue weighted by molar-refractivity contribution is 7.98. The number of hydrogen-bond acceptors (Lipinski definition) is 5. The van der Waals surface area contributed by atoms with E-state index in [4.69, 9.17) is 9.47 Å². The highest BCUT2D eigenvalue weighted by atomic mass is 32.2. The summed E-state index contributed by atoms with van der Waals surface area (Å²) in [4.78, 5) is 25.1. The molecule has 0 unspecified atom stereocenters. The normalized spacial score (nSPS) is 10.2. The molecule has 2 aromatic carbocycles. The summed E-state index contributed by atoms with van der Waals surface area (Å²) in [6.07, 6.45) is 2.87. The van der Waals surface area contributed by atoms with Crippen LogP contribution in [0.3, 0.4) is 0 Å². The van der Waals surface area contributed by atoms with Crippen LogP contribution in [0.15, 0.2) is 47.4 Å². The lowest BCUT2D eigenvalue weighted by Gasteiger charge is -2.10. The van der Waals surface area contributed by atoms with Gasteiger partial charge >= 0.3 is 5.97 Å². The van der Waals surface area contributed by atoms with Gasteiger partial charge in [-0.2, -0.15) is 0 Å². The van der Waals surface area contributed by atoms with Gasteiger partial charge in [-0.1, -0.05) is 19.1 Å². The Hall–Kier alpha value is -2.47. The van der Waals surface area contributed by atoms with Gasteiger partial charge in [0.2, 0.25) is 0 Å². The summed E-state index contributed by atoms with van der Waals surface area (Å²) >= 11 is 1.54. The maximum absolute atomic E-state index is 12.2. The molecular weight excluding hydrogens is 338 g/mol. The fourth-order valence-electron chi connectivity index (χ4n) is 2.20. The summed E-state index contributed by atoms with van der Waals surface area (Å²) in [7, 11) is 1.49. The molecule has 0 spiro atoms. The Balaban J connectivity index is 1.93. The molecule has 1 N–H and O–H groups in total. The number of esters is 1. The van der Waals surface area contributed by atoms with E-state index in [1.165, 1.54) is 12.7 Å². The summed E-state index contributed by atoms with van der Waals surface area (Å²) in [5, 5.41) is 2.70. The molecule has 0 atom stereocenters. The number of ether oxygens (including phenoxy) is 2. The fraction of sp³-hybridized carbons (Fsp3) is 0.263. The molecule has 5 nitrogen and oxygen atoms in total. The number of carbonyl (C=O) groups is 2. The molecule has 132 valence electrons. The van der Waals surface area contributed by atoms with E-state index < -0.39 is 11.9 Å². The number of thioether (sulfide) groups is 1. The van der Waals surface area contributed by atoms with Gasteiger partial charge in [-0.3, -0.25) is 4.79 Å². The molecule has 0 aliphatic carbocycles. The van der Waals surface area contributed by atoms with Crippen LogP contribution in [0.4, 0.5) is 5.69 Å². The van der Waals surface area contributed by atoms with Crippen molar-refractivity contribution in [1.29, 1.82) is 0 Å². The predicted octanol–water partition coefficient (Wildman–Crippen LogP) is 3.78. The van der Waals surface area contributed by atoms with E-state index in [2.05, 4.69) is 12.2 Å². The molecule has 0 bridgehead atoms. The quantitative estimate of drug-likeness (QED) is 0.602. The van der Waals surface area contributed by atoms with Crippen LogP contribution in [0.5, 0.6) is 5.75 Å². The minimum Gasteiger partial charge on any atom is -0.496 e. The van der Waals surface area contributed by atoms with Crippen molar-refractivity contribution in [2.45, 2.75) is 18.2 Å². The molecule has 0 aliphatic rings. The van der Waals surface area contributed by atoms with Crippen molar-refractivity contribution >= 4 is 29.3 Å². The summed E-state index contributed by atoms with van der Waals surface area (Å²) in [5.74, 6) is -0.564. The van der Waals surface area contributed by atoms with Crippen molar-refractivity contribution in [2.24, 2.45) is 0 Å². The summed E-state index contributed by atoms with van der Waals surface area (Å²) in [6, 6.07) is 12.7. The molecule has 0 saturated carbocycles. The Kier molecular flexibility index (Phi) is 6.89. The minimum absolute atomic E-state index is 0.292. The van der Waals surface area contributed by atoms with Gasteiger partial charge in [0.15, 0.2) is 6.61 Å². The van der Waals surface area contributed by atoms with Crippen LogP contribution in [-0.2, 0) is 16.0 Å². The molecule has 25 heavy (non-hydrogen) atoms. The highest BCUT2D eigenvalue weighted by Gasteiger charge is 2.16. The Bertz CT molecular complexity index is 744. The number of amides is 1. The highest BCUT2D eigenvalue weighted by Crippen LogP contribution is 2.25. The van der Waals surface area contributed by atoms with Crippen molar-refractivity contribution in [1.82, 2.24) is 0 Å². The molecule has 0 saturated heterocycles. The second-order valence-corrected chi connectivity index (χ2v) is 6.12. The van der Waals surface area contributed by atoms with Crippen LogP contribution < -0.4 is 10.1 Å². The van der Waals surface area contributed by atoms with Gasteiger partial charge in [0.25, 0.3) is 5.91 Å². The van der Waals surface area contributed by atoms with E-state index in [1.54, 1.807) is 30.0 Å². The summed E-state index contributed by atoms with van der Waals surface area (Å²) in [5.41, 5.74) is 2.14. The zero-order chi connectivity index (χ0) is 18.2. The first-order valence-corrected chi connectivity index (χ1v) is 9.07. The van der Waals surface area contributed by atoms with Gasteiger partial charge < -0.3 is 14.8 Å². The Morgan fingerprint density at radius 2 is 1.84 bits per heavy atom. The predicted molar refractivity (Wildman–Crippen MR) is 99.5 cm³/mol. The Morgan fingerprint density at radius 3 is 2.44 bits per heavy atom. The molecule has 0 aromatic heterocycles. The lowest BCUT2D eigenvalue weighted by molar-refractivity contribution is -0.119. The van der Waals surface area contributed by atoms with Crippen LogP contribution in [0.1, 0.15) is 22.8 Å². The van der Waals surface area contributed by atoms with Crippen molar-refractivity contribution < 1.29 is 19.1 Å². The summed E-state index contributed by atoms with van der Waals surface area (Å²) in [6.45, 7) is 1.70. The SMILES string of the molecule is CCc1ccc(NC(=O)COC(=O)c2ccc(SC)cc2OC)cc1. The van der Waals surface area contributed by atoms with E-state index in [0.29, 0.717) is 17.0 Å². The molecule has 0 heterocycles. The largest absolute Gasteiger partial charge is 0.496 e. The number of anilines is 1. The Morgan fingerprint density at radius 1 is 1.12 bits per heavy atom. The smallest absolute Gasteiger partial charge is 0.342 e. The Labute approximate surface area is 151 Å². The number of nitrogens with one attached hydrogen (secondary N) is 1. The van der Waals surface area contributed by atoms with Gasteiger partial charge in [-0.05, 0) is 48.6 Å². The third kappa shape index (κ3) is 5.26. The second kappa shape index (κ2) is 9.13. The van der Waals surface area contributed by atoms with Crippen LogP contribution in [-0.4, -0.2) is 31.8 Å². The number of aryl methyl sites for hydroxylation is 1.